The van der Waals surface area contributed by atoms with Crippen molar-refractivity contribution in [1.29, 1.82) is 0 Å². The normalized spacial score (nSPS) is 28.5. The summed E-state index contributed by atoms with van der Waals surface area (Å²) >= 11 is 0. The molecule has 130 valence electrons. The molecule has 0 amide bonds. The predicted octanol–water partition coefficient (Wildman–Crippen LogP) is 2.52. The van der Waals surface area contributed by atoms with Gasteiger partial charge in [0.2, 0.25) is 0 Å². The fourth-order valence-corrected chi connectivity index (χ4v) is 4.21. The summed E-state index contributed by atoms with van der Waals surface area (Å²) < 4.78 is 13.8. The molecule has 1 aliphatic heterocycles. The zero-order valence-corrected chi connectivity index (χ0v) is 14.5. The standard InChI is InChI=1S/C18H30N2O3/c1-18(2)16-7-6-14-13-20(8-9-21)19-17(14)15(16)5-3-4-10-22-11-12-23-18/h13,15-16,21H,3-12H2,1-2H3/t15?,16-/m1/s1. The lowest BCUT2D eigenvalue weighted by molar-refractivity contribution is -0.0878. The van der Waals surface area contributed by atoms with Gasteiger partial charge in [-0.1, -0.05) is 6.42 Å². The van der Waals surface area contributed by atoms with E-state index in [-0.39, 0.29) is 12.2 Å². The Bertz CT molecular complexity index is 512. The van der Waals surface area contributed by atoms with Crippen molar-refractivity contribution in [2.45, 2.75) is 64.0 Å². The van der Waals surface area contributed by atoms with Crippen LogP contribution in [0.5, 0.6) is 0 Å². The molecule has 0 aromatic carbocycles. The van der Waals surface area contributed by atoms with Crippen LogP contribution in [0.2, 0.25) is 0 Å². The summed E-state index contributed by atoms with van der Waals surface area (Å²) in [5.74, 6) is 0.942. The Balaban J connectivity index is 1.87. The fourth-order valence-electron chi connectivity index (χ4n) is 4.21. The first-order valence-electron chi connectivity index (χ1n) is 9.00. The molecule has 0 radical (unpaired) electrons. The predicted molar refractivity (Wildman–Crippen MR) is 88.6 cm³/mol. The summed E-state index contributed by atoms with van der Waals surface area (Å²) in [5, 5.41) is 14.0. The van der Waals surface area contributed by atoms with Gasteiger partial charge in [-0.2, -0.15) is 5.10 Å². The molecule has 0 saturated carbocycles. The van der Waals surface area contributed by atoms with Gasteiger partial charge in [-0.05, 0) is 51.0 Å². The molecule has 1 fully saturated rings. The van der Waals surface area contributed by atoms with Crippen LogP contribution in [-0.2, 0) is 22.4 Å². The van der Waals surface area contributed by atoms with Gasteiger partial charge < -0.3 is 14.6 Å². The highest BCUT2D eigenvalue weighted by Crippen LogP contribution is 2.45. The Labute approximate surface area is 139 Å². The summed E-state index contributed by atoms with van der Waals surface area (Å²) in [6, 6.07) is 0. The Hall–Kier alpha value is -0.910. The van der Waals surface area contributed by atoms with E-state index in [1.54, 1.807) is 0 Å². The van der Waals surface area contributed by atoms with E-state index in [9.17, 15) is 5.11 Å². The highest BCUT2D eigenvalue weighted by atomic mass is 16.5. The molecule has 2 heterocycles. The van der Waals surface area contributed by atoms with Crippen LogP contribution in [-0.4, -0.2) is 46.9 Å². The number of nitrogens with zero attached hydrogens (tertiary/aromatic N) is 2. The molecule has 23 heavy (non-hydrogen) atoms. The molecule has 5 nitrogen and oxygen atoms in total. The van der Waals surface area contributed by atoms with Crippen molar-refractivity contribution in [1.82, 2.24) is 9.78 Å². The Morgan fingerprint density at radius 3 is 2.96 bits per heavy atom. The van der Waals surface area contributed by atoms with Gasteiger partial charge in [0.05, 0.1) is 37.7 Å². The molecule has 1 N–H and O–H groups in total. The van der Waals surface area contributed by atoms with Gasteiger partial charge in [0.1, 0.15) is 0 Å². The van der Waals surface area contributed by atoms with Gasteiger partial charge in [-0.15, -0.1) is 0 Å². The van der Waals surface area contributed by atoms with Crippen molar-refractivity contribution < 1.29 is 14.6 Å². The van der Waals surface area contributed by atoms with Crippen molar-refractivity contribution in [2.75, 3.05) is 26.4 Å². The molecule has 1 saturated heterocycles. The molecular formula is C18H30N2O3. The number of fused-ring (bicyclic) bond motifs is 3. The van der Waals surface area contributed by atoms with E-state index in [1.165, 1.54) is 17.7 Å². The summed E-state index contributed by atoms with van der Waals surface area (Å²) in [6.45, 7) is 7.35. The van der Waals surface area contributed by atoms with Crippen LogP contribution in [0.4, 0.5) is 0 Å². The second-order valence-corrected chi connectivity index (χ2v) is 7.34. The van der Waals surface area contributed by atoms with E-state index in [0.29, 0.717) is 31.6 Å². The SMILES string of the molecule is CC1(C)OCCOCCCCC2c3nn(CCO)cc3CC[C@H]21. The molecule has 2 aliphatic rings. The first-order valence-corrected chi connectivity index (χ1v) is 9.00. The topological polar surface area (TPSA) is 56.5 Å². The maximum absolute atomic E-state index is 9.18. The molecular weight excluding hydrogens is 292 g/mol. The Kier molecular flexibility index (Phi) is 5.39. The fraction of sp³-hybridized carbons (Fsp3) is 0.833. The molecule has 2 atom stereocenters. The van der Waals surface area contributed by atoms with Crippen LogP contribution in [0, 0.1) is 5.92 Å². The monoisotopic (exact) mass is 322 g/mol. The van der Waals surface area contributed by atoms with Crippen LogP contribution < -0.4 is 0 Å². The lowest BCUT2D eigenvalue weighted by Gasteiger charge is -2.41. The molecule has 1 unspecified atom stereocenters. The summed E-state index contributed by atoms with van der Waals surface area (Å²) in [7, 11) is 0. The van der Waals surface area contributed by atoms with E-state index < -0.39 is 0 Å². The van der Waals surface area contributed by atoms with E-state index in [4.69, 9.17) is 14.6 Å². The van der Waals surface area contributed by atoms with Crippen LogP contribution in [0.1, 0.15) is 56.7 Å². The Morgan fingerprint density at radius 1 is 1.26 bits per heavy atom. The number of aromatic nitrogens is 2. The van der Waals surface area contributed by atoms with E-state index >= 15 is 0 Å². The zero-order chi connectivity index (χ0) is 16.3. The highest BCUT2D eigenvalue weighted by molar-refractivity contribution is 5.26. The Morgan fingerprint density at radius 2 is 2.13 bits per heavy atom. The zero-order valence-electron chi connectivity index (χ0n) is 14.5. The molecule has 0 spiro atoms. The third-order valence-corrected chi connectivity index (χ3v) is 5.41. The summed E-state index contributed by atoms with van der Waals surface area (Å²) in [5.41, 5.74) is 2.45. The lowest BCUT2D eigenvalue weighted by Crippen LogP contribution is -2.41. The number of hydrogen-bond acceptors (Lipinski definition) is 4. The first-order chi connectivity index (χ1) is 11.1. The molecule has 1 aromatic rings. The van der Waals surface area contributed by atoms with Crippen molar-refractivity contribution in [3.8, 4) is 0 Å². The molecule has 5 heteroatoms. The van der Waals surface area contributed by atoms with Crippen LogP contribution in [0.3, 0.4) is 0 Å². The quantitative estimate of drug-likeness (QED) is 0.909. The average Bonchev–Trinajstić information content (AvgIpc) is 2.91. The van der Waals surface area contributed by atoms with Gasteiger partial charge in [0.25, 0.3) is 0 Å². The highest BCUT2D eigenvalue weighted by Gasteiger charge is 2.41. The van der Waals surface area contributed by atoms with Crippen molar-refractivity contribution in [2.24, 2.45) is 5.92 Å². The summed E-state index contributed by atoms with van der Waals surface area (Å²) in [6.07, 6.45) is 7.76. The molecule has 1 aliphatic carbocycles. The first kappa shape index (κ1) is 16.9. The van der Waals surface area contributed by atoms with Gasteiger partial charge in [-0.25, -0.2) is 0 Å². The van der Waals surface area contributed by atoms with Gasteiger partial charge in [-0.3, -0.25) is 4.68 Å². The van der Waals surface area contributed by atoms with Gasteiger partial charge in [0, 0.05) is 18.7 Å². The minimum absolute atomic E-state index is 0.139. The molecule has 3 rings (SSSR count). The van der Waals surface area contributed by atoms with Crippen molar-refractivity contribution in [3.63, 3.8) is 0 Å². The molecule has 1 aromatic heterocycles. The second kappa shape index (κ2) is 7.32. The average molecular weight is 322 g/mol. The minimum Gasteiger partial charge on any atom is -0.394 e. The van der Waals surface area contributed by atoms with Crippen LogP contribution in [0.15, 0.2) is 6.20 Å². The van der Waals surface area contributed by atoms with Gasteiger partial charge >= 0.3 is 0 Å². The number of hydrogen-bond donors (Lipinski definition) is 1. The van der Waals surface area contributed by atoms with E-state index in [2.05, 4.69) is 20.0 Å². The largest absolute Gasteiger partial charge is 0.394 e. The number of ether oxygens (including phenoxy) is 2. The third-order valence-electron chi connectivity index (χ3n) is 5.41. The van der Waals surface area contributed by atoms with Crippen molar-refractivity contribution in [3.05, 3.63) is 17.5 Å². The third kappa shape index (κ3) is 3.78. The number of rotatable bonds is 2. The maximum atomic E-state index is 9.18. The maximum Gasteiger partial charge on any atom is 0.0707 e. The van der Waals surface area contributed by atoms with Gasteiger partial charge in [0.15, 0.2) is 0 Å². The smallest absolute Gasteiger partial charge is 0.0707 e. The van der Waals surface area contributed by atoms with Crippen molar-refractivity contribution >= 4 is 0 Å². The molecule has 0 bridgehead atoms. The van der Waals surface area contributed by atoms with E-state index in [1.807, 2.05) is 4.68 Å². The van der Waals surface area contributed by atoms with Crippen LogP contribution >= 0.6 is 0 Å². The second-order valence-electron chi connectivity index (χ2n) is 7.34. The van der Waals surface area contributed by atoms with Crippen LogP contribution in [0.25, 0.3) is 0 Å². The lowest BCUT2D eigenvalue weighted by atomic mass is 9.69. The summed E-state index contributed by atoms with van der Waals surface area (Å²) in [4.78, 5) is 0. The number of aliphatic hydroxyl groups excluding tert-OH is 1. The van der Waals surface area contributed by atoms with E-state index in [0.717, 1.165) is 32.3 Å². The minimum atomic E-state index is -0.156. The number of aliphatic hydroxyl groups is 1. The number of aryl methyl sites for hydroxylation is 1.